The van der Waals surface area contributed by atoms with E-state index in [9.17, 15) is 0 Å². The van der Waals surface area contributed by atoms with E-state index in [0.717, 1.165) is 4.47 Å². The maximum absolute atomic E-state index is 5.60. The van der Waals surface area contributed by atoms with Gasteiger partial charge in [-0.05, 0) is 32.4 Å². The van der Waals surface area contributed by atoms with Crippen molar-refractivity contribution in [1.29, 1.82) is 0 Å². The third-order valence-electron chi connectivity index (χ3n) is 1.98. The molecular weight excluding hydrogens is 288 g/mol. The van der Waals surface area contributed by atoms with Crippen molar-refractivity contribution in [3.8, 4) is 11.6 Å². The lowest BCUT2D eigenvalue weighted by molar-refractivity contribution is 0.440. The van der Waals surface area contributed by atoms with Crippen molar-refractivity contribution < 1.29 is 4.74 Å². The van der Waals surface area contributed by atoms with E-state index in [4.69, 9.17) is 4.74 Å². The second-order valence-corrected chi connectivity index (χ2v) is 4.05. The van der Waals surface area contributed by atoms with Crippen LogP contribution in [0.3, 0.4) is 0 Å². The predicted octanol–water partition coefficient (Wildman–Crippen LogP) is 1.47. The van der Waals surface area contributed by atoms with Gasteiger partial charge >= 0.3 is 0 Å². The molecule has 3 heterocycles. The Morgan fingerprint density at radius 1 is 1.12 bits per heavy atom. The predicted molar refractivity (Wildman–Crippen MR) is 60.6 cm³/mol. The molecule has 0 aliphatic heterocycles. The highest BCUT2D eigenvalue weighted by Gasteiger charge is 2.06. The van der Waals surface area contributed by atoms with Crippen LogP contribution in [-0.4, -0.2) is 30.0 Å². The lowest BCUT2D eigenvalue weighted by atomic mass is 10.5. The van der Waals surface area contributed by atoms with Gasteiger partial charge in [-0.1, -0.05) is 0 Å². The number of hydrogen-bond acceptors (Lipinski definition) is 6. The van der Waals surface area contributed by atoms with E-state index < -0.39 is 0 Å². The molecule has 0 saturated carbocycles. The summed E-state index contributed by atoms with van der Waals surface area (Å²) in [7, 11) is 0. The van der Waals surface area contributed by atoms with E-state index in [1.165, 1.54) is 10.7 Å². The van der Waals surface area contributed by atoms with Crippen LogP contribution in [0.5, 0.6) is 11.6 Å². The third-order valence-corrected chi connectivity index (χ3v) is 2.41. The van der Waals surface area contributed by atoms with Gasteiger partial charge in [0, 0.05) is 10.7 Å². The standard InChI is InChI=1S/C9H5BrN6O/c10-6-1-7(3-11-2-6)17-9-5-12-4-8-13-14-15-16(8)9/h1-5H. The van der Waals surface area contributed by atoms with Gasteiger partial charge in [0.15, 0.2) is 0 Å². The molecule has 0 aliphatic carbocycles. The molecule has 84 valence electrons. The van der Waals surface area contributed by atoms with Gasteiger partial charge in [0.05, 0.1) is 18.6 Å². The maximum Gasteiger partial charge on any atom is 0.242 e. The summed E-state index contributed by atoms with van der Waals surface area (Å²) in [6.07, 6.45) is 6.34. The summed E-state index contributed by atoms with van der Waals surface area (Å²) in [4.78, 5) is 7.98. The largest absolute Gasteiger partial charge is 0.436 e. The number of pyridine rings is 1. The molecule has 17 heavy (non-hydrogen) atoms. The van der Waals surface area contributed by atoms with E-state index >= 15 is 0 Å². The fourth-order valence-corrected chi connectivity index (χ4v) is 1.64. The third kappa shape index (κ3) is 1.94. The second-order valence-electron chi connectivity index (χ2n) is 3.14. The molecule has 0 atom stereocenters. The maximum atomic E-state index is 5.60. The minimum Gasteiger partial charge on any atom is -0.436 e. The van der Waals surface area contributed by atoms with Gasteiger partial charge in [-0.15, -0.1) is 5.10 Å². The average molecular weight is 293 g/mol. The Morgan fingerprint density at radius 3 is 2.88 bits per heavy atom. The molecule has 3 aromatic rings. The SMILES string of the molecule is Brc1cncc(Oc2cncc3nnnn23)c1. The molecule has 0 spiro atoms. The Hall–Kier alpha value is -2.09. The monoisotopic (exact) mass is 292 g/mol. The Kier molecular flexibility index (Phi) is 2.41. The minimum absolute atomic E-state index is 0.424. The molecule has 0 N–H and O–H groups in total. The number of aromatic nitrogens is 6. The molecule has 0 bridgehead atoms. The van der Waals surface area contributed by atoms with Gasteiger partial charge in [0.1, 0.15) is 5.75 Å². The van der Waals surface area contributed by atoms with Crippen molar-refractivity contribution in [3.05, 3.63) is 35.3 Å². The molecule has 0 aliphatic rings. The van der Waals surface area contributed by atoms with Crippen LogP contribution in [0.2, 0.25) is 0 Å². The summed E-state index contributed by atoms with van der Waals surface area (Å²) < 4.78 is 7.87. The van der Waals surface area contributed by atoms with Crippen LogP contribution in [0.4, 0.5) is 0 Å². The number of tetrazole rings is 1. The van der Waals surface area contributed by atoms with Gasteiger partial charge in [-0.25, -0.2) is 0 Å². The summed E-state index contributed by atoms with van der Waals surface area (Å²) in [5.41, 5.74) is 0.519. The van der Waals surface area contributed by atoms with Crippen molar-refractivity contribution in [1.82, 2.24) is 30.0 Å². The number of halogens is 1. The summed E-state index contributed by atoms with van der Waals surface area (Å²) in [6.45, 7) is 0. The van der Waals surface area contributed by atoms with E-state index in [0.29, 0.717) is 17.3 Å². The van der Waals surface area contributed by atoms with Gasteiger partial charge < -0.3 is 4.74 Å². The van der Waals surface area contributed by atoms with Gasteiger partial charge in [-0.2, -0.15) is 4.52 Å². The highest BCUT2D eigenvalue weighted by molar-refractivity contribution is 9.10. The normalized spacial score (nSPS) is 10.6. The van der Waals surface area contributed by atoms with Crippen LogP contribution in [0.1, 0.15) is 0 Å². The highest BCUT2D eigenvalue weighted by atomic mass is 79.9. The molecule has 3 rings (SSSR count). The Labute approximate surface area is 104 Å². The average Bonchev–Trinajstić information content (AvgIpc) is 2.78. The molecule has 8 heteroatoms. The quantitative estimate of drug-likeness (QED) is 0.712. The number of ether oxygens (including phenoxy) is 1. The van der Waals surface area contributed by atoms with Gasteiger partial charge in [0.25, 0.3) is 0 Å². The first-order chi connectivity index (χ1) is 8.33. The van der Waals surface area contributed by atoms with Crippen LogP contribution in [0.25, 0.3) is 5.65 Å². The molecule has 0 fully saturated rings. The molecule has 0 radical (unpaired) electrons. The van der Waals surface area contributed by atoms with Crippen LogP contribution in [0, 0.1) is 0 Å². The molecule has 0 aromatic carbocycles. The lowest BCUT2D eigenvalue weighted by Crippen LogP contribution is -1.97. The number of hydrogen-bond donors (Lipinski definition) is 0. The van der Waals surface area contributed by atoms with E-state index in [2.05, 4.69) is 41.4 Å². The van der Waals surface area contributed by atoms with Crippen LogP contribution < -0.4 is 4.74 Å². The van der Waals surface area contributed by atoms with Crippen molar-refractivity contribution in [2.45, 2.75) is 0 Å². The Balaban J connectivity index is 2.02. The minimum atomic E-state index is 0.424. The molecule has 0 saturated heterocycles. The van der Waals surface area contributed by atoms with E-state index in [-0.39, 0.29) is 0 Å². The molecule has 3 aromatic heterocycles. The lowest BCUT2D eigenvalue weighted by Gasteiger charge is -2.05. The zero-order valence-electron chi connectivity index (χ0n) is 8.36. The van der Waals surface area contributed by atoms with Crippen molar-refractivity contribution in [3.63, 3.8) is 0 Å². The van der Waals surface area contributed by atoms with Crippen LogP contribution >= 0.6 is 15.9 Å². The van der Waals surface area contributed by atoms with Crippen LogP contribution in [-0.2, 0) is 0 Å². The Morgan fingerprint density at radius 2 is 2.00 bits per heavy atom. The molecule has 7 nitrogen and oxygen atoms in total. The topological polar surface area (TPSA) is 78.1 Å². The summed E-state index contributed by atoms with van der Waals surface area (Å²) >= 11 is 3.31. The van der Waals surface area contributed by atoms with Crippen molar-refractivity contribution in [2.75, 3.05) is 0 Å². The molecule has 0 unspecified atom stereocenters. The number of nitrogens with zero attached hydrogens (tertiary/aromatic N) is 6. The van der Waals surface area contributed by atoms with Gasteiger partial charge in [0.2, 0.25) is 11.5 Å². The summed E-state index contributed by atoms with van der Waals surface area (Å²) in [6, 6.07) is 1.79. The van der Waals surface area contributed by atoms with E-state index in [1.807, 2.05) is 0 Å². The van der Waals surface area contributed by atoms with Crippen molar-refractivity contribution in [2.24, 2.45) is 0 Å². The smallest absolute Gasteiger partial charge is 0.242 e. The van der Waals surface area contributed by atoms with Gasteiger partial charge in [-0.3, -0.25) is 9.97 Å². The van der Waals surface area contributed by atoms with E-state index in [1.54, 1.807) is 24.7 Å². The Bertz CT molecular complexity index is 669. The fraction of sp³-hybridized carbons (Fsp3) is 0. The number of rotatable bonds is 2. The highest BCUT2D eigenvalue weighted by Crippen LogP contribution is 2.22. The summed E-state index contributed by atoms with van der Waals surface area (Å²) in [5, 5.41) is 11.1. The van der Waals surface area contributed by atoms with Crippen molar-refractivity contribution >= 4 is 21.6 Å². The first kappa shape index (κ1) is 10.1. The zero-order chi connectivity index (χ0) is 11.7. The summed E-state index contributed by atoms with van der Waals surface area (Å²) in [5.74, 6) is 0.997. The zero-order valence-corrected chi connectivity index (χ0v) is 9.94. The first-order valence-corrected chi connectivity index (χ1v) is 5.43. The number of fused-ring (bicyclic) bond motifs is 1. The fourth-order valence-electron chi connectivity index (χ4n) is 1.29. The first-order valence-electron chi connectivity index (χ1n) is 4.63. The molecule has 0 amide bonds. The molecular formula is C9H5BrN6O. The van der Waals surface area contributed by atoms with Crippen LogP contribution in [0.15, 0.2) is 35.3 Å². The second kappa shape index (κ2) is 4.06.